The van der Waals surface area contributed by atoms with Crippen LogP contribution < -0.4 is 5.32 Å². The maximum atomic E-state index is 4.28. The Morgan fingerprint density at radius 3 is 2.70 bits per heavy atom. The fourth-order valence-corrected chi connectivity index (χ4v) is 3.92. The van der Waals surface area contributed by atoms with Gasteiger partial charge in [0, 0.05) is 44.0 Å². The Balaban J connectivity index is 1.69. The number of rotatable bonds is 3. The molecular formula is C16H28N4. The average Bonchev–Trinajstić information content (AvgIpc) is 3.01. The first-order valence-corrected chi connectivity index (χ1v) is 7.97. The Hall–Kier alpha value is -0.870. The Labute approximate surface area is 122 Å². The molecule has 1 aliphatic carbocycles. The number of hydrogen-bond acceptors (Lipinski definition) is 3. The Bertz CT molecular complexity index is 457. The molecular weight excluding hydrogens is 248 g/mol. The minimum absolute atomic E-state index is 0.239. The molecule has 0 aromatic carbocycles. The van der Waals surface area contributed by atoms with Crippen LogP contribution in [0.15, 0.2) is 12.4 Å². The lowest BCUT2D eigenvalue weighted by molar-refractivity contribution is 0.0199. The van der Waals surface area contributed by atoms with Gasteiger partial charge in [0.2, 0.25) is 0 Å². The van der Waals surface area contributed by atoms with E-state index >= 15 is 0 Å². The minimum atomic E-state index is 0.239. The third-order valence-corrected chi connectivity index (χ3v) is 5.12. The summed E-state index contributed by atoms with van der Waals surface area (Å²) in [6.45, 7) is 8.13. The highest BCUT2D eigenvalue weighted by atomic mass is 15.3. The fraction of sp³-hybridized carbons (Fsp3) is 0.812. The first kappa shape index (κ1) is 14.1. The first-order valence-electron chi connectivity index (χ1n) is 7.97. The van der Waals surface area contributed by atoms with Crippen molar-refractivity contribution in [3.05, 3.63) is 18.0 Å². The lowest BCUT2D eigenvalue weighted by Crippen LogP contribution is -2.67. The summed E-state index contributed by atoms with van der Waals surface area (Å²) in [6, 6.07) is 0. The van der Waals surface area contributed by atoms with E-state index in [1.54, 1.807) is 0 Å². The predicted molar refractivity (Wildman–Crippen MR) is 81.8 cm³/mol. The van der Waals surface area contributed by atoms with Gasteiger partial charge >= 0.3 is 0 Å². The van der Waals surface area contributed by atoms with Crippen molar-refractivity contribution in [3.8, 4) is 0 Å². The van der Waals surface area contributed by atoms with Crippen LogP contribution in [0, 0.1) is 0 Å². The summed E-state index contributed by atoms with van der Waals surface area (Å²) in [5, 5.41) is 8.05. The third-order valence-electron chi connectivity index (χ3n) is 5.12. The van der Waals surface area contributed by atoms with Crippen LogP contribution in [0.5, 0.6) is 0 Å². The molecule has 1 spiro atoms. The zero-order valence-electron chi connectivity index (χ0n) is 13.2. The van der Waals surface area contributed by atoms with Crippen molar-refractivity contribution < 1.29 is 0 Å². The van der Waals surface area contributed by atoms with Gasteiger partial charge in [-0.25, -0.2) is 0 Å². The van der Waals surface area contributed by atoms with Crippen molar-refractivity contribution in [2.45, 2.75) is 57.0 Å². The maximum absolute atomic E-state index is 4.28. The molecule has 0 amide bonds. The second-order valence-corrected chi connectivity index (χ2v) is 7.36. The van der Waals surface area contributed by atoms with Crippen LogP contribution in [0.2, 0.25) is 0 Å². The standard InChI is InChI=1S/C16H28N4/c1-15(2)13-20(9-6-14-10-18-19(3)11-14)16(12-17-15)7-4-5-8-16/h10-11,17H,4-9,12-13H2,1-3H3. The number of aromatic nitrogens is 2. The molecule has 0 atom stereocenters. The van der Waals surface area contributed by atoms with E-state index in [1.807, 2.05) is 17.9 Å². The van der Waals surface area contributed by atoms with Gasteiger partial charge in [-0.3, -0.25) is 9.58 Å². The van der Waals surface area contributed by atoms with Crippen LogP contribution in [-0.2, 0) is 13.5 Å². The highest BCUT2D eigenvalue weighted by Gasteiger charge is 2.45. The molecule has 1 aliphatic heterocycles. The highest BCUT2D eigenvalue weighted by molar-refractivity contribution is 5.08. The van der Waals surface area contributed by atoms with Gasteiger partial charge in [0.1, 0.15) is 0 Å². The molecule has 2 fully saturated rings. The largest absolute Gasteiger partial charge is 0.309 e. The van der Waals surface area contributed by atoms with Crippen molar-refractivity contribution >= 4 is 0 Å². The minimum Gasteiger partial charge on any atom is -0.309 e. The summed E-state index contributed by atoms with van der Waals surface area (Å²) in [5.74, 6) is 0. The summed E-state index contributed by atoms with van der Waals surface area (Å²) < 4.78 is 1.91. The van der Waals surface area contributed by atoms with Gasteiger partial charge in [-0.05, 0) is 38.7 Å². The average molecular weight is 276 g/mol. The highest BCUT2D eigenvalue weighted by Crippen LogP contribution is 2.38. The van der Waals surface area contributed by atoms with Crippen LogP contribution >= 0.6 is 0 Å². The zero-order chi connectivity index (χ0) is 14.2. The van der Waals surface area contributed by atoms with E-state index in [1.165, 1.54) is 31.2 Å². The van der Waals surface area contributed by atoms with Gasteiger partial charge in [0.25, 0.3) is 0 Å². The van der Waals surface area contributed by atoms with Crippen LogP contribution in [0.25, 0.3) is 0 Å². The molecule has 4 heteroatoms. The molecule has 2 heterocycles. The summed E-state index contributed by atoms with van der Waals surface area (Å²) in [4.78, 5) is 2.77. The van der Waals surface area contributed by atoms with Crippen molar-refractivity contribution in [2.24, 2.45) is 7.05 Å². The lowest BCUT2D eigenvalue weighted by Gasteiger charge is -2.51. The maximum Gasteiger partial charge on any atom is 0.0522 e. The monoisotopic (exact) mass is 276 g/mol. The number of aryl methyl sites for hydroxylation is 1. The van der Waals surface area contributed by atoms with E-state index in [2.05, 4.69) is 35.4 Å². The van der Waals surface area contributed by atoms with Crippen molar-refractivity contribution in [3.63, 3.8) is 0 Å². The molecule has 20 heavy (non-hydrogen) atoms. The molecule has 0 radical (unpaired) electrons. The summed E-state index contributed by atoms with van der Waals surface area (Å²) in [7, 11) is 2.00. The van der Waals surface area contributed by atoms with E-state index in [4.69, 9.17) is 0 Å². The topological polar surface area (TPSA) is 33.1 Å². The molecule has 2 aliphatic rings. The van der Waals surface area contributed by atoms with Crippen molar-refractivity contribution in [1.82, 2.24) is 20.0 Å². The zero-order valence-corrected chi connectivity index (χ0v) is 13.2. The van der Waals surface area contributed by atoms with Crippen LogP contribution in [0.3, 0.4) is 0 Å². The molecule has 1 aromatic rings. The number of nitrogens with zero attached hydrogens (tertiary/aromatic N) is 3. The van der Waals surface area contributed by atoms with Crippen molar-refractivity contribution in [2.75, 3.05) is 19.6 Å². The number of hydrogen-bond donors (Lipinski definition) is 1. The normalized spacial score (nSPS) is 25.4. The summed E-state index contributed by atoms with van der Waals surface area (Å²) in [5.41, 5.74) is 2.03. The van der Waals surface area contributed by atoms with E-state index in [-0.39, 0.29) is 5.54 Å². The van der Waals surface area contributed by atoms with E-state index in [0.29, 0.717) is 5.54 Å². The fourth-order valence-electron chi connectivity index (χ4n) is 3.92. The quantitative estimate of drug-likeness (QED) is 0.916. The van der Waals surface area contributed by atoms with E-state index < -0.39 is 0 Å². The van der Waals surface area contributed by atoms with Gasteiger partial charge in [-0.15, -0.1) is 0 Å². The summed E-state index contributed by atoms with van der Waals surface area (Å²) >= 11 is 0. The third kappa shape index (κ3) is 2.77. The molecule has 112 valence electrons. The number of nitrogens with one attached hydrogen (secondary N) is 1. The van der Waals surface area contributed by atoms with Crippen LogP contribution in [0.4, 0.5) is 0 Å². The molecule has 3 rings (SSSR count). The Kier molecular flexibility index (Phi) is 3.63. The Morgan fingerprint density at radius 1 is 1.30 bits per heavy atom. The second kappa shape index (κ2) is 5.15. The van der Waals surface area contributed by atoms with Crippen molar-refractivity contribution in [1.29, 1.82) is 0 Å². The Morgan fingerprint density at radius 2 is 2.05 bits per heavy atom. The number of piperazine rings is 1. The second-order valence-electron chi connectivity index (χ2n) is 7.36. The van der Waals surface area contributed by atoms with E-state index in [9.17, 15) is 0 Å². The SMILES string of the molecule is Cn1cc(CCN2CC(C)(C)NCC23CCCC3)cn1. The van der Waals surface area contributed by atoms with Gasteiger partial charge in [-0.2, -0.15) is 5.10 Å². The van der Waals surface area contributed by atoms with Crippen LogP contribution in [0.1, 0.15) is 45.1 Å². The molecule has 1 aromatic heterocycles. The van der Waals surface area contributed by atoms with Gasteiger partial charge < -0.3 is 5.32 Å². The molecule has 0 unspecified atom stereocenters. The molecule has 4 nitrogen and oxygen atoms in total. The first-order chi connectivity index (χ1) is 9.49. The summed E-state index contributed by atoms with van der Waals surface area (Å²) in [6.07, 6.45) is 10.8. The van der Waals surface area contributed by atoms with Gasteiger partial charge in [0.05, 0.1) is 6.20 Å². The molecule has 1 saturated heterocycles. The van der Waals surface area contributed by atoms with Gasteiger partial charge in [-0.1, -0.05) is 12.8 Å². The van der Waals surface area contributed by atoms with E-state index in [0.717, 1.165) is 26.1 Å². The van der Waals surface area contributed by atoms with Crippen LogP contribution in [-0.4, -0.2) is 45.4 Å². The van der Waals surface area contributed by atoms with Gasteiger partial charge in [0.15, 0.2) is 0 Å². The lowest BCUT2D eigenvalue weighted by atomic mass is 9.86. The molecule has 0 bridgehead atoms. The smallest absolute Gasteiger partial charge is 0.0522 e. The predicted octanol–water partition coefficient (Wildman–Crippen LogP) is 1.96. The molecule has 1 N–H and O–H groups in total. The molecule has 1 saturated carbocycles.